The number of nitrogens with one attached hydrogen (secondary N) is 1. The Morgan fingerprint density at radius 3 is 1.82 bits per heavy atom. The van der Waals surface area contributed by atoms with Crippen molar-refractivity contribution in [1.82, 2.24) is 4.98 Å². The van der Waals surface area contributed by atoms with E-state index in [4.69, 9.17) is 0 Å². The number of aromatic nitrogens is 1. The van der Waals surface area contributed by atoms with Crippen molar-refractivity contribution in [3.05, 3.63) is 11.1 Å². The highest BCUT2D eigenvalue weighted by molar-refractivity contribution is 7.13. The van der Waals surface area contributed by atoms with Gasteiger partial charge in [-0.05, 0) is 6.92 Å². The number of carbonyl (C=O) groups excluding carboxylic acids is 2. The van der Waals surface area contributed by atoms with Crippen LogP contribution in [0.5, 0.6) is 0 Å². The average molecular weight is 532 g/mol. The third-order valence-corrected chi connectivity index (χ3v) is 4.43. The summed E-state index contributed by atoms with van der Waals surface area (Å²) < 4.78 is 174. The Morgan fingerprint density at radius 2 is 1.36 bits per heavy atom. The van der Waals surface area contributed by atoms with E-state index in [-0.39, 0.29) is 23.6 Å². The summed E-state index contributed by atoms with van der Waals surface area (Å²) in [5.74, 6) is -43.2. The first kappa shape index (κ1) is 28.7. The van der Waals surface area contributed by atoms with Crippen LogP contribution in [0.2, 0.25) is 0 Å². The maximum atomic E-state index is 13.7. The summed E-state index contributed by atoms with van der Waals surface area (Å²) in [6.07, 6.45) is -8.19. The topological polar surface area (TPSA) is 68.3 Å². The fourth-order valence-electron chi connectivity index (χ4n) is 1.89. The number of esters is 1. The van der Waals surface area contributed by atoms with E-state index in [2.05, 4.69) is 9.72 Å². The molecule has 0 aliphatic carbocycles. The molecule has 0 aromatic carbocycles. The number of thiazole rings is 1. The minimum absolute atomic E-state index is 0.0971. The Morgan fingerprint density at radius 1 is 0.879 bits per heavy atom. The highest BCUT2D eigenvalue weighted by atomic mass is 32.1. The number of carbonyl (C=O) groups is 2. The zero-order valence-corrected chi connectivity index (χ0v) is 16.3. The van der Waals surface area contributed by atoms with Gasteiger partial charge in [-0.3, -0.25) is 14.9 Å². The first-order valence-electron chi connectivity index (χ1n) is 7.95. The van der Waals surface area contributed by atoms with Gasteiger partial charge in [0.1, 0.15) is 0 Å². The molecule has 0 saturated carbocycles. The SMILES string of the molecule is CCOC(=O)Cc1csc(NC(=O)C(F)(F)C(F)(F)C(F)(F)C(F)(F)C(F)(F)C(F)(F)F)n1. The number of halogens is 13. The highest BCUT2D eigenvalue weighted by Crippen LogP contribution is 2.60. The molecule has 1 rings (SSSR count). The second kappa shape index (κ2) is 8.79. The second-order valence-corrected chi connectivity index (χ2v) is 6.81. The molecule has 33 heavy (non-hydrogen) atoms. The van der Waals surface area contributed by atoms with Gasteiger partial charge >= 0.3 is 47.7 Å². The number of hydrogen-bond donors (Lipinski definition) is 1. The van der Waals surface area contributed by atoms with Gasteiger partial charge in [0.25, 0.3) is 0 Å². The normalized spacial score (nSPS) is 14.2. The van der Waals surface area contributed by atoms with E-state index in [1.54, 1.807) is 0 Å². The number of rotatable bonds is 9. The Hall–Kier alpha value is -2.34. The third kappa shape index (κ3) is 4.81. The molecule has 0 aliphatic heterocycles. The Bertz CT molecular complexity index is 882. The van der Waals surface area contributed by atoms with Crippen LogP contribution in [0.1, 0.15) is 12.6 Å². The summed E-state index contributed by atoms with van der Waals surface area (Å²) in [4.78, 5) is 25.9. The number of anilines is 1. The van der Waals surface area contributed by atoms with Crippen molar-refractivity contribution in [3.63, 3.8) is 0 Å². The van der Waals surface area contributed by atoms with Crippen LogP contribution < -0.4 is 5.32 Å². The molecule has 5 nitrogen and oxygen atoms in total. The van der Waals surface area contributed by atoms with Crippen LogP contribution in [0.15, 0.2) is 5.38 Å². The van der Waals surface area contributed by atoms with Crippen LogP contribution in [-0.2, 0) is 20.7 Å². The van der Waals surface area contributed by atoms with E-state index in [1.165, 1.54) is 6.92 Å². The molecule has 1 amide bonds. The molecule has 0 saturated heterocycles. The molecule has 0 fully saturated rings. The van der Waals surface area contributed by atoms with Gasteiger partial charge in [-0.15, -0.1) is 11.3 Å². The lowest BCUT2D eigenvalue weighted by atomic mass is 9.93. The molecule has 0 atom stereocenters. The van der Waals surface area contributed by atoms with E-state index >= 15 is 0 Å². The molecule has 0 unspecified atom stereocenters. The summed E-state index contributed by atoms with van der Waals surface area (Å²) in [5.41, 5.74) is -0.314. The summed E-state index contributed by atoms with van der Waals surface area (Å²) in [6, 6.07) is 0. The summed E-state index contributed by atoms with van der Waals surface area (Å²) in [6.45, 7) is 1.30. The lowest BCUT2D eigenvalue weighted by Gasteiger charge is -2.39. The summed E-state index contributed by atoms with van der Waals surface area (Å²) in [7, 11) is 0. The van der Waals surface area contributed by atoms with Crippen LogP contribution >= 0.6 is 11.3 Å². The standard InChI is InChI=1S/C14H9F13N2O3S/c1-2-32-6(30)3-5-4-33-8(28-5)29-7(31)9(15,16)10(17,18)11(19,20)12(21,22)13(23,24)14(25,26)27/h4H,2-3H2,1H3,(H,28,29,31). The van der Waals surface area contributed by atoms with E-state index < -0.39 is 59.2 Å². The number of nitrogens with zero attached hydrogens (tertiary/aromatic N) is 1. The lowest BCUT2D eigenvalue weighted by molar-refractivity contribution is -0.435. The van der Waals surface area contributed by atoms with Crippen LogP contribution in [0, 0.1) is 0 Å². The molecular formula is C14H9F13N2O3S. The largest absolute Gasteiger partial charge is 0.466 e. The van der Waals surface area contributed by atoms with Gasteiger partial charge in [0, 0.05) is 5.38 Å². The molecular weight excluding hydrogens is 523 g/mol. The van der Waals surface area contributed by atoms with Crippen molar-refractivity contribution in [2.75, 3.05) is 11.9 Å². The number of hydrogen-bond acceptors (Lipinski definition) is 5. The van der Waals surface area contributed by atoms with Crippen molar-refractivity contribution >= 4 is 28.3 Å². The van der Waals surface area contributed by atoms with Crippen LogP contribution in [0.25, 0.3) is 0 Å². The Kier molecular flexibility index (Phi) is 7.64. The Balaban J connectivity index is 3.23. The van der Waals surface area contributed by atoms with Crippen LogP contribution in [-0.4, -0.2) is 59.3 Å². The molecule has 0 spiro atoms. The number of ether oxygens (including phenoxy) is 1. The molecule has 0 radical (unpaired) electrons. The maximum absolute atomic E-state index is 13.7. The maximum Gasteiger partial charge on any atom is 0.460 e. The molecule has 1 aromatic heterocycles. The van der Waals surface area contributed by atoms with Gasteiger partial charge in [-0.2, -0.15) is 57.1 Å². The molecule has 1 heterocycles. The molecule has 1 N–H and O–H groups in total. The van der Waals surface area contributed by atoms with E-state index in [0.717, 1.165) is 10.7 Å². The van der Waals surface area contributed by atoms with Gasteiger partial charge in [-0.1, -0.05) is 0 Å². The van der Waals surface area contributed by atoms with Crippen molar-refractivity contribution in [3.8, 4) is 0 Å². The summed E-state index contributed by atoms with van der Waals surface area (Å²) in [5, 5.41) is 0.611. The Labute approximate surface area is 177 Å². The first-order valence-corrected chi connectivity index (χ1v) is 8.83. The van der Waals surface area contributed by atoms with Gasteiger partial charge in [-0.25, -0.2) is 4.98 Å². The van der Waals surface area contributed by atoms with Crippen molar-refractivity contribution in [1.29, 1.82) is 0 Å². The minimum atomic E-state index is -8.11. The average Bonchev–Trinajstić information content (AvgIpc) is 3.06. The van der Waals surface area contributed by atoms with Gasteiger partial charge in [0.2, 0.25) is 0 Å². The zero-order chi connectivity index (χ0) is 26.3. The van der Waals surface area contributed by atoms with Gasteiger partial charge in [0.05, 0.1) is 18.7 Å². The monoisotopic (exact) mass is 532 g/mol. The smallest absolute Gasteiger partial charge is 0.460 e. The van der Waals surface area contributed by atoms with E-state index in [9.17, 15) is 66.7 Å². The molecule has 0 bridgehead atoms. The zero-order valence-electron chi connectivity index (χ0n) is 15.5. The number of alkyl halides is 13. The quantitative estimate of drug-likeness (QED) is 0.362. The molecule has 19 heteroatoms. The van der Waals surface area contributed by atoms with Crippen molar-refractivity contribution < 1.29 is 71.4 Å². The second-order valence-electron chi connectivity index (χ2n) is 5.95. The first-order chi connectivity index (χ1) is 14.6. The predicted octanol–water partition coefficient (Wildman–Crippen LogP) is 4.93. The molecule has 0 aliphatic rings. The minimum Gasteiger partial charge on any atom is -0.466 e. The summed E-state index contributed by atoms with van der Waals surface area (Å²) >= 11 is 0.152. The van der Waals surface area contributed by atoms with Crippen molar-refractivity contribution in [2.45, 2.75) is 49.1 Å². The lowest BCUT2D eigenvalue weighted by Crippen LogP contribution is -2.71. The molecule has 190 valence electrons. The predicted molar refractivity (Wildman–Crippen MR) is 81.9 cm³/mol. The third-order valence-electron chi connectivity index (χ3n) is 3.62. The molecule has 1 aromatic rings. The number of amides is 1. The van der Waals surface area contributed by atoms with E-state index in [0.29, 0.717) is 0 Å². The highest BCUT2D eigenvalue weighted by Gasteiger charge is 2.91. The van der Waals surface area contributed by atoms with Crippen molar-refractivity contribution in [2.24, 2.45) is 0 Å². The van der Waals surface area contributed by atoms with Crippen LogP contribution in [0.3, 0.4) is 0 Å². The van der Waals surface area contributed by atoms with Gasteiger partial charge < -0.3 is 4.74 Å². The van der Waals surface area contributed by atoms with Gasteiger partial charge in [0.15, 0.2) is 5.13 Å². The fraction of sp³-hybridized carbons (Fsp3) is 0.643. The van der Waals surface area contributed by atoms with E-state index in [1.807, 2.05) is 0 Å². The fourth-order valence-corrected chi connectivity index (χ4v) is 2.60. The van der Waals surface area contributed by atoms with Crippen LogP contribution in [0.4, 0.5) is 62.2 Å².